The first-order valence-corrected chi connectivity index (χ1v) is 8.10. The Bertz CT molecular complexity index is 686. The van der Waals surface area contributed by atoms with Gasteiger partial charge in [0.2, 0.25) is 0 Å². The molecule has 0 radical (unpaired) electrons. The van der Waals surface area contributed by atoms with E-state index in [0.717, 1.165) is 11.3 Å². The molecule has 0 saturated carbocycles. The van der Waals surface area contributed by atoms with E-state index in [4.69, 9.17) is 0 Å². The van der Waals surface area contributed by atoms with Gasteiger partial charge in [-0.25, -0.2) is 4.68 Å². The zero-order valence-corrected chi connectivity index (χ0v) is 17.0. The number of nitrogens with one attached hydrogen (secondary N) is 2. The van der Waals surface area contributed by atoms with Crippen molar-refractivity contribution in [2.45, 2.75) is 32.5 Å². The van der Waals surface area contributed by atoms with Gasteiger partial charge in [0.15, 0.2) is 5.96 Å². The molecule has 9 heteroatoms. The molecule has 0 aliphatic heterocycles. The monoisotopic (exact) mass is 481 g/mol. The van der Waals surface area contributed by atoms with Crippen LogP contribution in [-0.4, -0.2) is 35.0 Å². The SMILES string of the molecule is CCNC(=NCCC(F)(F)F)NC(C)c1cccc(-n2cccn2)c1.I. The van der Waals surface area contributed by atoms with Gasteiger partial charge in [0.25, 0.3) is 0 Å². The fourth-order valence-corrected chi connectivity index (χ4v) is 2.26. The number of guanidine groups is 1. The van der Waals surface area contributed by atoms with Crippen molar-refractivity contribution in [2.75, 3.05) is 13.1 Å². The summed E-state index contributed by atoms with van der Waals surface area (Å²) in [6, 6.07) is 9.49. The molecule has 1 heterocycles. The van der Waals surface area contributed by atoms with Crippen LogP contribution in [0.1, 0.15) is 31.9 Å². The molecule has 0 bridgehead atoms. The van der Waals surface area contributed by atoms with Crippen molar-refractivity contribution in [1.82, 2.24) is 20.4 Å². The predicted octanol–water partition coefficient (Wildman–Crippen LogP) is 4.06. The number of rotatable bonds is 6. The minimum absolute atomic E-state index is 0. The number of nitrogens with zero attached hydrogens (tertiary/aromatic N) is 3. The second kappa shape index (κ2) is 10.4. The molecule has 1 unspecified atom stereocenters. The standard InChI is InChI=1S/C17H22F3N5.HI/c1-3-21-16(22-10-8-17(18,19)20)24-13(2)14-6-4-7-15(12-14)25-11-5-9-23-25;/h4-7,9,11-13H,3,8,10H2,1-2H3,(H2,21,22,24);1H. The first-order chi connectivity index (χ1) is 11.9. The molecule has 1 aromatic heterocycles. The topological polar surface area (TPSA) is 54.2 Å². The maximum atomic E-state index is 12.3. The van der Waals surface area contributed by atoms with E-state index in [-0.39, 0.29) is 36.6 Å². The summed E-state index contributed by atoms with van der Waals surface area (Å²) in [4.78, 5) is 3.99. The fraction of sp³-hybridized carbons (Fsp3) is 0.412. The average molecular weight is 481 g/mol. The molecule has 26 heavy (non-hydrogen) atoms. The van der Waals surface area contributed by atoms with Crippen molar-refractivity contribution < 1.29 is 13.2 Å². The molecule has 0 saturated heterocycles. The third-order valence-electron chi connectivity index (χ3n) is 3.50. The van der Waals surface area contributed by atoms with Crippen molar-refractivity contribution in [2.24, 2.45) is 4.99 Å². The molecule has 5 nitrogen and oxygen atoms in total. The number of hydrogen-bond acceptors (Lipinski definition) is 2. The van der Waals surface area contributed by atoms with Crippen LogP contribution in [0, 0.1) is 0 Å². The Morgan fingerprint density at radius 1 is 1.31 bits per heavy atom. The molecule has 1 atom stereocenters. The molecular formula is C17H23F3IN5. The predicted molar refractivity (Wildman–Crippen MR) is 107 cm³/mol. The van der Waals surface area contributed by atoms with Crippen LogP contribution in [0.15, 0.2) is 47.7 Å². The Morgan fingerprint density at radius 3 is 2.69 bits per heavy atom. The molecule has 0 amide bonds. The van der Waals surface area contributed by atoms with E-state index in [2.05, 4.69) is 20.7 Å². The van der Waals surface area contributed by atoms with E-state index in [1.807, 2.05) is 50.4 Å². The van der Waals surface area contributed by atoms with Crippen molar-refractivity contribution in [1.29, 1.82) is 0 Å². The Labute approximate surface area is 168 Å². The number of benzene rings is 1. The van der Waals surface area contributed by atoms with Gasteiger partial charge >= 0.3 is 6.18 Å². The van der Waals surface area contributed by atoms with E-state index in [1.54, 1.807) is 10.9 Å². The van der Waals surface area contributed by atoms with Gasteiger partial charge in [-0.05, 0) is 37.6 Å². The first-order valence-electron chi connectivity index (χ1n) is 8.10. The van der Waals surface area contributed by atoms with Gasteiger partial charge in [0.05, 0.1) is 24.7 Å². The van der Waals surface area contributed by atoms with Gasteiger partial charge in [-0.1, -0.05) is 12.1 Å². The van der Waals surface area contributed by atoms with Crippen LogP contribution in [0.2, 0.25) is 0 Å². The lowest BCUT2D eigenvalue weighted by atomic mass is 10.1. The molecule has 1 aromatic carbocycles. The van der Waals surface area contributed by atoms with E-state index < -0.39 is 12.6 Å². The van der Waals surface area contributed by atoms with Crippen molar-refractivity contribution >= 4 is 29.9 Å². The highest BCUT2D eigenvalue weighted by Crippen LogP contribution is 2.19. The molecule has 2 rings (SSSR count). The van der Waals surface area contributed by atoms with Crippen LogP contribution in [0.3, 0.4) is 0 Å². The number of halogens is 4. The molecule has 0 spiro atoms. The second-order valence-corrected chi connectivity index (χ2v) is 5.54. The lowest BCUT2D eigenvalue weighted by molar-refractivity contribution is -0.132. The van der Waals surface area contributed by atoms with Crippen LogP contribution in [-0.2, 0) is 0 Å². The normalized spacial score (nSPS) is 13.0. The quantitative estimate of drug-likeness (QED) is 0.372. The minimum Gasteiger partial charge on any atom is -0.357 e. The highest BCUT2D eigenvalue weighted by molar-refractivity contribution is 14.0. The third-order valence-corrected chi connectivity index (χ3v) is 3.50. The summed E-state index contributed by atoms with van der Waals surface area (Å²) in [5, 5.41) is 10.3. The summed E-state index contributed by atoms with van der Waals surface area (Å²) in [7, 11) is 0. The van der Waals surface area contributed by atoms with Gasteiger partial charge in [0, 0.05) is 18.9 Å². The van der Waals surface area contributed by atoms with Gasteiger partial charge in [-0.3, -0.25) is 4.99 Å². The zero-order valence-electron chi connectivity index (χ0n) is 14.6. The summed E-state index contributed by atoms with van der Waals surface area (Å²) in [6.07, 6.45) is -1.60. The van der Waals surface area contributed by atoms with Crippen LogP contribution in [0.4, 0.5) is 13.2 Å². The highest BCUT2D eigenvalue weighted by atomic mass is 127. The summed E-state index contributed by atoms with van der Waals surface area (Å²) >= 11 is 0. The van der Waals surface area contributed by atoms with E-state index >= 15 is 0 Å². The lowest BCUT2D eigenvalue weighted by Crippen LogP contribution is -2.39. The number of aromatic nitrogens is 2. The van der Waals surface area contributed by atoms with Gasteiger partial charge in [-0.15, -0.1) is 24.0 Å². The second-order valence-electron chi connectivity index (χ2n) is 5.54. The molecule has 2 N–H and O–H groups in total. The van der Waals surface area contributed by atoms with Gasteiger partial charge in [-0.2, -0.15) is 18.3 Å². The van der Waals surface area contributed by atoms with Crippen LogP contribution in [0.25, 0.3) is 5.69 Å². The van der Waals surface area contributed by atoms with Gasteiger partial charge < -0.3 is 10.6 Å². The van der Waals surface area contributed by atoms with Crippen LogP contribution < -0.4 is 10.6 Å². The van der Waals surface area contributed by atoms with E-state index in [0.29, 0.717) is 12.5 Å². The first kappa shape index (κ1) is 22.3. The Kier molecular flexibility index (Phi) is 8.89. The van der Waals surface area contributed by atoms with E-state index in [1.165, 1.54) is 0 Å². The molecule has 2 aromatic rings. The van der Waals surface area contributed by atoms with Crippen LogP contribution >= 0.6 is 24.0 Å². The fourth-order valence-electron chi connectivity index (χ4n) is 2.26. The Hall–Kier alpha value is -1.78. The van der Waals surface area contributed by atoms with Crippen LogP contribution in [0.5, 0.6) is 0 Å². The molecule has 144 valence electrons. The molecule has 0 aliphatic carbocycles. The number of hydrogen-bond donors (Lipinski definition) is 2. The smallest absolute Gasteiger partial charge is 0.357 e. The Balaban J connectivity index is 0.00000338. The van der Waals surface area contributed by atoms with Crippen molar-refractivity contribution in [3.63, 3.8) is 0 Å². The average Bonchev–Trinajstić information content (AvgIpc) is 3.08. The molecule has 0 fully saturated rings. The minimum atomic E-state index is -4.20. The van der Waals surface area contributed by atoms with Gasteiger partial charge in [0.1, 0.15) is 0 Å². The number of alkyl halides is 3. The third kappa shape index (κ3) is 7.22. The van der Waals surface area contributed by atoms with E-state index in [9.17, 15) is 13.2 Å². The largest absolute Gasteiger partial charge is 0.390 e. The van der Waals surface area contributed by atoms with Crippen molar-refractivity contribution in [3.8, 4) is 5.69 Å². The summed E-state index contributed by atoms with van der Waals surface area (Å²) in [6.45, 7) is 4.06. The number of aliphatic imine (C=N–C) groups is 1. The summed E-state index contributed by atoms with van der Waals surface area (Å²) in [5.41, 5.74) is 1.89. The highest BCUT2D eigenvalue weighted by Gasteiger charge is 2.26. The lowest BCUT2D eigenvalue weighted by Gasteiger charge is -2.19. The maximum absolute atomic E-state index is 12.3. The Morgan fingerprint density at radius 2 is 2.08 bits per heavy atom. The maximum Gasteiger partial charge on any atom is 0.390 e. The summed E-state index contributed by atoms with van der Waals surface area (Å²) < 4.78 is 38.6. The van der Waals surface area contributed by atoms with Crippen molar-refractivity contribution in [3.05, 3.63) is 48.3 Å². The molecule has 0 aliphatic rings. The molecular weight excluding hydrogens is 458 g/mol. The zero-order chi connectivity index (χ0) is 18.3. The summed E-state index contributed by atoms with van der Waals surface area (Å²) in [5.74, 6) is 0.365.